The van der Waals surface area contributed by atoms with Crippen LogP contribution >= 0.6 is 0 Å². The molecule has 0 atom stereocenters. The van der Waals surface area contributed by atoms with E-state index >= 15 is 0 Å². The van der Waals surface area contributed by atoms with Gasteiger partial charge < -0.3 is 20.7 Å². The number of nitrogens with one attached hydrogen (secondary N) is 1. The van der Waals surface area contributed by atoms with Gasteiger partial charge in [-0.1, -0.05) is 6.07 Å². The summed E-state index contributed by atoms with van der Waals surface area (Å²) in [7, 11) is 0. The maximum Gasteiger partial charge on any atom is 0.409 e. The van der Waals surface area contributed by atoms with Crippen molar-refractivity contribution in [3.63, 3.8) is 0 Å². The summed E-state index contributed by atoms with van der Waals surface area (Å²) in [4.78, 5) is 24.5. The summed E-state index contributed by atoms with van der Waals surface area (Å²) in [5.74, 6) is -0.145. The fraction of sp³-hybridized carbons (Fsp3) is 0.385. The fourth-order valence-electron chi connectivity index (χ4n) is 1.87. The van der Waals surface area contributed by atoms with Crippen LogP contribution in [0.4, 0.5) is 16.2 Å². The van der Waals surface area contributed by atoms with E-state index in [4.69, 9.17) is 10.5 Å². The summed E-state index contributed by atoms with van der Waals surface area (Å²) in [6.07, 6.45) is -0.114. The average molecular weight is 263 g/mol. The third kappa shape index (κ3) is 3.15. The van der Waals surface area contributed by atoms with Gasteiger partial charge in [-0.3, -0.25) is 4.79 Å². The monoisotopic (exact) mass is 263 g/mol. The van der Waals surface area contributed by atoms with Gasteiger partial charge in [-0.05, 0) is 24.6 Å². The topological polar surface area (TPSA) is 84.7 Å². The SMILES string of the molecule is Cc1c(N)cccc1NC(=O)CCN1CCOC1=O. The van der Waals surface area contributed by atoms with E-state index in [9.17, 15) is 9.59 Å². The Bertz CT molecular complexity index is 502. The molecule has 1 fully saturated rings. The van der Waals surface area contributed by atoms with E-state index in [1.807, 2.05) is 6.92 Å². The molecule has 1 aromatic carbocycles. The van der Waals surface area contributed by atoms with Crippen molar-refractivity contribution in [2.24, 2.45) is 0 Å². The second kappa shape index (κ2) is 5.60. The van der Waals surface area contributed by atoms with Crippen molar-refractivity contribution in [3.8, 4) is 0 Å². The van der Waals surface area contributed by atoms with Gasteiger partial charge in [-0.25, -0.2) is 4.79 Å². The van der Waals surface area contributed by atoms with Crippen molar-refractivity contribution in [2.75, 3.05) is 30.7 Å². The molecule has 1 saturated heterocycles. The molecule has 102 valence electrons. The molecular weight excluding hydrogens is 246 g/mol. The first-order chi connectivity index (χ1) is 9.08. The fourth-order valence-corrected chi connectivity index (χ4v) is 1.87. The molecule has 0 saturated carbocycles. The number of anilines is 2. The highest BCUT2D eigenvalue weighted by Gasteiger charge is 2.22. The molecule has 0 unspecified atom stereocenters. The predicted octanol–water partition coefficient (Wildman–Crippen LogP) is 1.36. The lowest BCUT2D eigenvalue weighted by atomic mass is 10.1. The lowest BCUT2D eigenvalue weighted by Crippen LogP contribution is -2.28. The highest BCUT2D eigenvalue weighted by Crippen LogP contribution is 2.20. The van der Waals surface area contributed by atoms with E-state index in [1.54, 1.807) is 18.2 Å². The molecule has 2 rings (SSSR count). The van der Waals surface area contributed by atoms with Gasteiger partial charge in [-0.2, -0.15) is 0 Å². The predicted molar refractivity (Wildman–Crippen MR) is 71.8 cm³/mol. The zero-order valence-corrected chi connectivity index (χ0v) is 10.8. The molecule has 0 bridgehead atoms. The van der Waals surface area contributed by atoms with Gasteiger partial charge in [0.1, 0.15) is 6.61 Å². The molecule has 1 aromatic rings. The first kappa shape index (κ1) is 13.2. The number of carbonyl (C=O) groups excluding carboxylic acids is 2. The number of nitrogen functional groups attached to an aromatic ring is 1. The second-order valence-corrected chi connectivity index (χ2v) is 4.42. The van der Waals surface area contributed by atoms with Crippen LogP contribution in [-0.2, 0) is 9.53 Å². The Morgan fingerprint density at radius 1 is 1.53 bits per heavy atom. The number of hydrogen-bond donors (Lipinski definition) is 2. The maximum atomic E-state index is 11.8. The Hall–Kier alpha value is -2.24. The number of cyclic esters (lactones) is 1. The lowest BCUT2D eigenvalue weighted by Gasteiger charge is -2.13. The number of nitrogens with zero attached hydrogens (tertiary/aromatic N) is 1. The summed E-state index contributed by atoms with van der Waals surface area (Å²) in [5.41, 5.74) is 7.95. The van der Waals surface area contributed by atoms with Crippen LogP contribution in [0.25, 0.3) is 0 Å². The van der Waals surface area contributed by atoms with E-state index in [0.29, 0.717) is 31.1 Å². The summed E-state index contributed by atoms with van der Waals surface area (Å²) >= 11 is 0. The number of amides is 2. The molecule has 2 amide bonds. The Labute approximate surface area is 111 Å². The molecule has 3 N–H and O–H groups in total. The summed E-state index contributed by atoms with van der Waals surface area (Å²) < 4.78 is 4.79. The van der Waals surface area contributed by atoms with Crippen LogP contribution < -0.4 is 11.1 Å². The van der Waals surface area contributed by atoms with Crippen molar-refractivity contribution in [2.45, 2.75) is 13.3 Å². The Morgan fingerprint density at radius 3 is 3.00 bits per heavy atom. The second-order valence-electron chi connectivity index (χ2n) is 4.42. The first-order valence-electron chi connectivity index (χ1n) is 6.14. The van der Waals surface area contributed by atoms with Crippen molar-refractivity contribution in [1.29, 1.82) is 0 Å². The number of benzene rings is 1. The minimum absolute atomic E-state index is 0.145. The maximum absolute atomic E-state index is 11.8. The van der Waals surface area contributed by atoms with Gasteiger partial charge in [0.2, 0.25) is 5.91 Å². The standard InChI is InChI=1S/C13H17N3O3/c1-9-10(14)3-2-4-11(9)15-12(17)5-6-16-7-8-19-13(16)18/h2-4H,5-8,14H2,1H3,(H,15,17). The van der Waals surface area contributed by atoms with Gasteiger partial charge in [0.25, 0.3) is 0 Å². The minimum atomic E-state index is -0.354. The normalized spacial score (nSPS) is 14.4. The highest BCUT2D eigenvalue weighted by atomic mass is 16.6. The third-order valence-corrected chi connectivity index (χ3v) is 3.10. The molecule has 1 heterocycles. The molecular formula is C13H17N3O3. The first-order valence-corrected chi connectivity index (χ1v) is 6.14. The smallest absolute Gasteiger partial charge is 0.409 e. The van der Waals surface area contributed by atoms with Crippen LogP contribution in [0, 0.1) is 6.92 Å². The number of hydrogen-bond acceptors (Lipinski definition) is 4. The van der Waals surface area contributed by atoms with Gasteiger partial charge >= 0.3 is 6.09 Å². The van der Waals surface area contributed by atoms with Crippen LogP contribution in [0.15, 0.2) is 18.2 Å². The van der Waals surface area contributed by atoms with E-state index in [1.165, 1.54) is 4.90 Å². The quantitative estimate of drug-likeness (QED) is 0.803. The molecule has 0 spiro atoms. The Kier molecular flexibility index (Phi) is 3.89. The van der Waals surface area contributed by atoms with Crippen molar-refractivity contribution < 1.29 is 14.3 Å². The number of ether oxygens (including phenoxy) is 1. The molecule has 6 nitrogen and oxygen atoms in total. The van der Waals surface area contributed by atoms with E-state index in [2.05, 4.69) is 5.32 Å². The van der Waals surface area contributed by atoms with Gasteiger partial charge in [0.15, 0.2) is 0 Å². The molecule has 1 aliphatic heterocycles. The van der Waals surface area contributed by atoms with Crippen molar-refractivity contribution in [1.82, 2.24) is 4.90 Å². The van der Waals surface area contributed by atoms with E-state index < -0.39 is 0 Å². The van der Waals surface area contributed by atoms with Gasteiger partial charge in [-0.15, -0.1) is 0 Å². The van der Waals surface area contributed by atoms with Crippen LogP contribution in [0.2, 0.25) is 0 Å². The summed E-state index contributed by atoms with van der Waals surface area (Å²) in [6, 6.07) is 5.37. The van der Waals surface area contributed by atoms with Gasteiger partial charge in [0, 0.05) is 24.3 Å². The van der Waals surface area contributed by atoms with Crippen LogP contribution in [0.1, 0.15) is 12.0 Å². The molecule has 19 heavy (non-hydrogen) atoms. The van der Waals surface area contributed by atoms with Crippen LogP contribution in [0.3, 0.4) is 0 Å². The average Bonchev–Trinajstić information content (AvgIpc) is 2.78. The van der Waals surface area contributed by atoms with Crippen LogP contribution in [0.5, 0.6) is 0 Å². The van der Waals surface area contributed by atoms with Crippen molar-refractivity contribution in [3.05, 3.63) is 23.8 Å². The number of nitrogens with two attached hydrogens (primary N) is 1. The molecule has 0 aromatic heterocycles. The summed E-state index contributed by atoms with van der Waals surface area (Å²) in [6.45, 7) is 3.16. The van der Waals surface area contributed by atoms with Crippen molar-refractivity contribution >= 4 is 23.4 Å². The molecule has 0 aliphatic carbocycles. The molecule has 0 radical (unpaired) electrons. The van der Waals surface area contributed by atoms with Crippen LogP contribution in [-0.4, -0.2) is 36.6 Å². The lowest BCUT2D eigenvalue weighted by molar-refractivity contribution is -0.116. The Morgan fingerprint density at radius 2 is 2.32 bits per heavy atom. The van der Waals surface area contributed by atoms with E-state index in [-0.39, 0.29) is 18.4 Å². The number of carbonyl (C=O) groups is 2. The summed E-state index contributed by atoms with van der Waals surface area (Å²) in [5, 5.41) is 2.79. The third-order valence-electron chi connectivity index (χ3n) is 3.10. The zero-order valence-electron chi connectivity index (χ0n) is 10.8. The zero-order chi connectivity index (χ0) is 13.8. The molecule has 1 aliphatic rings. The van der Waals surface area contributed by atoms with Gasteiger partial charge in [0.05, 0.1) is 6.54 Å². The van der Waals surface area contributed by atoms with E-state index in [0.717, 1.165) is 5.56 Å². The highest BCUT2D eigenvalue weighted by molar-refractivity contribution is 5.92. The largest absolute Gasteiger partial charge is 0.448 e. The Balaban J connectivity index is 1.87. The number of rotatable bonds is 4. The minimum Gasteiger partial charge on any atom is -0.448 e. The molecule has 6 heteroatoms.